The summed E-state index contributed by atoms with van der Waals surface area (Å²) in [7, 11) is 0. The molecule has 1 atom stereocenters. The first-order valence-corrected chi connectivity index (χ1v) is 9.58. The number of amides is 1. The molecule has 8 heteroatoms. The van der Waals surface area contributed by atoms with E-state index in [9.17, 15) is 9.59 Å². The maximum atomic E-state index is 12.7. The van der Waals surface area contributed by atoms with E-state index < -0.39 is 12.0 Å². The molecule has 1 aromatic heterocycles. The van der Waals surface area contributed by atoms with Crippen LogP contribution in [0.5, 0.6) is 5.19 Å². The molecule has 1 aliphatic heterocycles. The van der Waals surface area contributed by atoms with E-state index in [0.717, 1.165) is 5.01 Å². The number of aromatic nitrogens is 2. The van der Waals surface area contributed by atoms with Gasteiger partial charge in [0.1, 0.15) is 11.0 Å². The lowest BCUT2D eigenvalue weighted by molar-refractivity contribution is -0.138. The summed E-state index contributed by atoms with van der Waals surface area (Å²) in [6.45, 7) is 6.05. The highest BCUT2D eigenvalue weighted by Gasteiger charge is 2.36. The predicted octanol–water partition coefficient (Wildman–Crippen LogP) is 3.98. The van der Waals surface area contributed by atoms with Gasteiger partial charge >= 0.3 is 11.2 Å². The predicted molar refractivity (Wildman–Crippen MR) is 101 cm³/mol. The number of hydrogen-bond donors (Lipinski definition) is 0. The van der Waals surface area contributed by atoms with Crippen LogP contribution in [0.25, 0.3) is 0 Å². The molecule has 1 amide bonds. The summed E-state index contributed by atoms with van der Waals surface area (Å²) in [6.07, 6.45) is 1.59. The van der Waals surface area contributed by atoms with Gasteiger partial charge in [0.2, 0.25) is 5.91 Å². The minimum atomic E-state index is -0.681. The second-order valence-electron chi connectivity index (χ2n) is 7.19. The molecule has 0 bridgehead atoms. The summed E-state index contributed by atoms with van der Waals surface area (Å²) in [4.78, 5) is 26.7. The number of nitrogens with zero attached hydrogens (tertiary/aromatic N) is 3. The van der Waals surface area contributed by atoms with Crippen molar-refractivity contribution in [2.75, 3.05) is 4.90 Å². The average molecular weight is 394 g/mol. The maximum Gasteiger partial charge on any atom is 0.336 e. The van der Waals surface area contributed by atoms with Crippen molar-refractivity contribution in [3.05, 3.63) is 34.3 Å². The second kappa shape index (κ2) is 7.32. The minimum Gasteiger partial charge on any atom is -0.395 e. The highest BCUT2D eigenvalue weighted by Crippen LogP contribution is 2.31. The number of piperidine rings is 1. The van der Waals surface area contributed by atoms with E-state index in [4.69, 9.17) is 16.3 Å². The highest BCUT2D eigenvalue weighted by atomic mass is 35.5. The van der Waals surface area contributed by atoms with Crippen molar-refractivity contribution >= 4 is 40.5 Å². The first kappa shape index (κ1) is 18.8. The van der Waals surface area contributed by atoms with Gasteiger partial charge in [0.25, 0.3) is 0 Å². The molecule has 0 radical (unpaired) electrons. The van der Waals surface area contributed by atoms with Crippen LogP contribution in [0, 0.1) is 0 Å². The zero-order valence-corrected chi connectivity index (χ0v) is 16.4. The van der Waals surface area contributed by atoms with Crippen molar-refractivity contribution in [2.45, 2.75) is 51.5 Å². The number of carbonyl (C=O) groups is 2. The summed E-state index contributed by atoms with van der Waals surface area (Å²) >= 11 is 7.17. The number of anilines is 1. The quantitative estimate of drug-likeness (QED) is 0.737. The molecule has 6 nitrogen and oxygen atoms in total. The molecule has 2 aromatic rings. The maximum absolute atomic E-state index is 12.7. The van der Waals surface area contributed by atoms with E-state index in [2.05, 4.69) is 10.2 Å². The molecule has 3 rings (SSSR count). The van der Waals surface area contributed by atoms with Crippen LogP contribution in [0.3, 0.4) is 0 Å². The van der Waals surface area contributed by atoms with Crippen LogP contribution >= 0.6 is 22.9 Å². The van der Waals surface area contributed by atoms with Gasteiger partial charge in [-0.25, -0.2) is 4.79 Å². The average Bonchev–Trinajstić information content (AvgIpc) is 3.04. The van der Waals surface area contributed by atoms with E-state index in [1.165, 1.54) is 16.2 Å². The van der Waals surface area contributed by atoms with Crippen LogP contribution < -0.4 is 9.64 Å². The Labute approximate surface area is 161 Å². The van der Waals surface area contributed by atoms with Crippen LogP contribution in [0.15, 0.2) is 24.3 Å². The van der Waals surface area contributed by atoms with Gasteiger partial charge in [0.05, 0.1) is 0 Å². The van der Waals surface area contributed by atoms with E-state index in [1.807, 2.05) is 20.8 Å². The number of ether oxygens (including phenoxy) is 1. The fourth-order valence-corrected chi connectivity index (χ4v) is 3.61. The molecular weight excluding hydrogens is 374 g/mol. The lowest BCUT2D eigenvalue weighted by atomic mass is 9.98. The van der Waals surface area contributed by atoms with Crippen LogP contribution in [-0.4, -0.2) is 28.1 Å². The lowest BCUT2D eigenvalue weighted by Gasteiger charge is -2.33. The Balaban J connectivity index is 1.80. The number of hydrogen-bond acceptors (Lipinski definition) is 6. The highest BCUT2D eigenvalue weighted by molar-refractivity contribution is 7.13. The number of esters is 1. The molecule has 1 saturated heterocycles. The molecule has 0 N–H and O–H groups in total. The monoisotopic (exact) mass is 393 g/mol. The molecule has 0 spiro atoms. The molecule has 1 unspecified atom stereocenters. The fourth-order valence-electron chi connectivity index (χ4n) is 2.73. The van der Waals surface area contributed by atoms with Crippen LogP contribution in [0.1, 0.15) is 45.0 Å². The number of rotatable bonds is 3. The van der Waals surface area contributed by atoms with Gasteiger partial charge in [-0.05, 0) is 37.1 Å². The van der Waals surface area contributed by atoms with E-state index in [1.54, 1.807) is 24.3 Å². The summed E-state index contributed by atoms with van der Waals surface area (Å²) in [5, 5.41) is 9.59. The number of benzene rings is 1. The second-order valence-corrected chi connectivity index (χ2v) is 8.57. The van der Waals surface area contributed by atoms with Crippen molar-refractivity contribution in [1.82, 2.24) is 10.2 Å². The van der Waals surface area contributed by atoms with E-state index in [0.29, 0.717) is 30.0 Å². The summed E-state index contributed by atoms with van der Waals surface area (Å²) in [5.41, 5.74) is 0.465. The molecule has 1 aliphatic rings. The van der Waals surface area contributed by atoms with Crippen molar-refractivity contribution in [2.24, 2.45) is 0 Å². The minimum absolute atomic E-state index is 0.104. The molecule has 1 aromatic carbocycles. The Bertz CT molecular complexity index is 814. The Morgan fingerprint density at radius 3 is 2.58 bits per heavy atom. The molecule has 138 valence electrons. The lowest BCUT2D eigenvalue weighted by Crippen LogP contribution is -2.49. The van der Waals surface area contributed by atoms with Gasteiger partial charge in [-0.3, -0.25) is 9.69 Å². The van der Waals surface area contributed by atoms with Gasteiger partial charge < -0.3 is 4.74 Å². The van der Waals surface area contributed by atoms with Crippen molar-refractivity contribution in [1.29, 1.82) is 0 Å². The molecule has 0 aliphatic carbocycles. The Morgan fingerprint density at radius 1 is 1.27 bits per heavy atom. The van der Waals surface area contributed by atoms with Gasteiger partial charge in [-0.2, -0.15) is 0 Å². The Morgan fingerprint density at radius 2 is 1.96 bits per heavy atom. The summed E-state index contributed by atoms with van der Waals surface area (Å²) in [5.74, 6) is -0.599. The number of halogens is 1. The normalized spacial score (nSPS) is 18.1. The van der Waals surface area contributed by atoms with Crippen LogP contribution in [0.4, 0.5) is 5.69 Å². The third-order valence-electron chi connectivity index (χ3n) is 4.06. The molecular formula is C18H20ClN3O3S. The van der Waals surface area contributed by atoms with E-state index >= 15 is 0 Å². The Hall–Kier alpha value is -1.99. The molecule has 2 heterocycles. The molecule has 1 fully saturated rings. The topological polar surface area (TPSA) is 72.4 Å². The number of carbonyl (C=O) groups excluding carboxylic acids is 2. The third-order valence-corrected chi connectivity index (χ3v) is 5.54. The first-order valence-electron chi connectivity index (χ1n) is 8.39. The fraction of sp³-hybridized carbons (Fsp3) is 0.444. The molecule has 0 saturated carbocycles. The van der Waals surface area contributed by atoms with Crippen molar-refractivity contribution in [3.8, 4) is 5.19 Å². The van der Waals surface area contributed by atoms with Crippen LogP contribution in [0.2, 0.25) is 5.02 Å². The summed E-state index contributed by atoms with van der Waals surface area (Å²) < 4.78 is 5.44. The van der Waals surface area contributed by atoms with Crippen LogP contribution in [-0.2, 0) is 15.0 Å². The summed E-state index contributed by atoms with van der Waals surface area (Å²) in [6, 6.07) is 6.17. The van der Waals surface area contributed by atoms with Crippen molar-refractivity contribution in [3.63, 3.8) is 0 Å². The van der Waals surface area contributed by atoms with Crippen molar-refractivity contribution < 1.29 is 14.3 Å². The van der Waals surface area contributed by atoms with E-state index in [-0.39, 0.29) is 16.5 Å². The molecule has 26 heavy (non-hydrogen) atoms. The van der Waals surface area contributed by atoms with Gasteiger partial charge in [0.15, 0.2) is 0 Å². The zero-order valence-electron chi connectivity index (χ0n) is 14.9. The smallest absolute Gasteiger partial charge is 0.336 e. The van der Waals surface area contributed by atoms with Gasteiger partial charge in [-0.1, -0.05) is 48.8 Å². The van der Waals surface area contributed by atoms with Gasteiger partial charge in [0, 0.05) is 22.5 Å². The Kier molecular flexibility index (Phi) is 5.29. The largest absolute Gasteiger partial charge is 0.395 e. The van der Waals surface area contributed by atoms with Gasteiger partial charge in [-0.15, -0.1) is 5.10 Å². The SMILES string of the molecule is CC(C)(C)c1nnc(OC(=O)C2CCCC(=O)N2c2ccc(Cl)cc2)s1. The standard InChI is InChI=1S/C18H20ClN3O3S/c1-18(2,3)16-20-21-17(26-16)25-15(24)13-5-4-6-14(23)22(13)12-9-7-11(19)8-10-12/h7-10,13H,4-6H2,1-3H3. The third kappa shape index (κ3) is 4.04. The first-order chi connectivity index (χ1) is 12.3. The zero-order chi connectivity index (χ0) is 18.9.